The van der Waals surface area contributed by atoms with E-state index in [1.54, 1.807) is 0 Å². The van der Waals surface area contributed by atoms with E-state index in [2.05, 4.69) is 26.9 Å². The van der Waals surface area contributed by atoms with Crippen molar-refractivity contribution >= 4 is 21.5 Å². The van der Waals surface area contributed by atoms with Crippen LogP contribution in [0.5, 0.6) is 0 Å². The van der Waals surface area contributed by atoms with E-state index >= 15 is 0 Å². The minimum atomic E-state index is -4.43. The van der Waals surface area contributed by atoms with Crippen LogP contribution in [0.1, 0.15) is 11.5 Å². The van der Waals surface area contributed by atoms with Crippen LogP contribution in [0.4, 0.5) is 13.2 Å². The Bertz CT molecular complexity index is 313. The lowest BCUT2D eigenvalue weighted by atomic mass is 10.3. The number of hydrogen-bond donors (Lipinski definition) is 0. The molecule has 72 valence electrons. The molecule has 0 atom stereocenters. The summed E-state index contributed by atoms with van der Waals surface area (Å²) in [6.07, 6.45) is -4.43. The van der Waals surface area contributed by atoms with E-state index in [1.165, 1.54) is 6.07 Å². The molecule has 0 saturated carbocycles. The van der Waals surface area contributed by atoms with Crippen LogP contribution in [0.2, 0.25) is 0 Å². The van der Waals surface area contributed by atoms with Gasteiger partial charge in [0.25, 0.3) is 0 Å². The molecule has 1 aromatic heterocycles. The quantitative estimate of drug-likeness (QED) is 0.734. The normalized spacial score (nSPS) is 11.7. The zero-order valence-corrected chi connectivity index (χ0v) is 8.08. The molecule has 1 heterocycles. The maximum atomic E-state index is 12.0. The van der Waals surface area contributed by atoms with Crippen LogP contribution in [-0.2, 0) is 6.18 Å². The second-order valence-electron chi connectivity index (χ2n) is 2.40. The molecular formula is C8H6BrF3O. The number of furan rings is 1. The van der Waals surface area contributed by atoms with E-state index in [4.69, 9.17) is 0 Å². The van der Waals surface area contributed by atoms with Gasteiger partial charge in [0.15, 0.2) is 0 Å². The highest BCUT2D eigenvalue weighted by Gasteiger charge is 2.34. The fourth-order valence-corrected chi connectivity index (χ4v) is 1.02. The predicted octanol–water partition coefficient (Wildman–Crippen LogP) is 3.71. The molecule has 0 aromatic carbocycles. The fraction of sp³-hybridized carbons (Fsp3) is 0.250. The summed E-state index contributed by atoms with van der Waals surface area (Å²) in [6, 6.07) is 2.15. The average Bonchev–Trinajstić information content (AvgIpc) is 2.50. The molecule has 0 aliphatic carbocycles. The first-order valence-electron chi connectivity index (χ1n) is 3.36. The zero-order chi connectivity index (χ0) is 10.1. The molecule has 0 radical (unpaired) electrons. The van der Waals surface area contributed by atoms with Crippen molar-refractivity contribution in [3.05, 3.63) is 30.2 Å². The highest BCUT2D eigenvalue weighted by atomic mass is 79.9. The average molecular weight is 255 g/mol. The first-order valence-corrected chi connectivity index (χ1v) is 4.48. The van der Waals surface area contributed by atoms with Gasteiger partial charge in [0, 0.05) is 5.33 Å². The second-order valence-corrected chi connectivity index (χ2v) is 2.96. The van der Waals surface area contributed by atoms with Gasteiger partial charge in [-0.25, -0.2) is 0 Å². The molecule has 1 aromatic rings. The molecule has 1 rings (SSSR count). The lowest BCUT2D eigenvalue weighted by molar-refractivity contribution is -0.153. The van der Waals surface area contributed by atoms with Gasteiger partial charge in [-0.05, 0) is 17.7 Å². The molecule has 0 saturated heterocycles. The molecular weight excluding hydrogens is 249 g/mol. The first kappa shape index (κ1) is 10.4. The lowest BCUT2D eigenvalue weighted by Crippen LogP contribution is -2.02. The lowest BCUT2D eigenvalue weighted by Gasteiger charge is -2.01. The monoisotopic (exact) mass is 254 g/mol. The van der Waals surface area contributed by atoms with E-state index in [1.807, 2.05) is 0 Å². The maximum Gasteiger partial charge on any atom is 0.449 e. The van der Waals surface area contributed by atoms with E-state index in [0.717, 1.165) is 6.07 Å². The predicted molar refractivity (Wildman–Crippen MR) is 46.5 cm³/mol. The molecule has 0 spiro atoms. The minimum Gasteiger partial charge on any atom is -0.452 e. The molecule has 0 fully saturated rings. The summed E-state index contributed by atoms with van der Waals surface area (Å²) in [7, 11) is 0. The van der Waals surface area contributed by atoms with Crippen molar-refractivity contribution in [2.75, 3.05) is 5.33 Å². The van der Waals surface area contributed by atoms with Gasteiger partial charge in [-0.15, -0.1) is 0 Å². The summed E-state index contributed by atoms with van der Waals surface area (Å²) >= 11 is 3.07. The van der Waals surface area contributed by atoms with Crippen LogP contribution in [0, 0.1) is 0 Å². The molecule has 0 N–H and O–H groups in total. The van der Waals surface area contributed by atoms with E-state index in [0.29, 0.717) is 10.9 Å². The van der Waals surface area contributed by atoms with Gasteiger partial charge in [-0.2, -0.15) is 13.2 Å². The molecule has 13 heavy (non-hydrogen) atoms. The van der Waals surface area contributed by atoms with E-state index < -0.39 is 11.9 Å². The largest absolute Gasteiger partial charge is 0.452 e. The number of rotatable bonds is 2. The molecule has 5 heteroatoms. The van der Waals surface area contributed by atoms with E-state index in [-0.39, 0.29) is 5.76 Å². The van der Waals surface area contributed by atoms with Gasteiger partial charge >= 0.3 is 6.18 Å². The van der Waals surface area contributed by atoms with Crippen LogP contribution in [0.3, 0.4) is 0 Å². The molecule has 0 aliphatic rings. The van der Waals surface area contributed by atoms with Gasteiger partial charge in [-0.3, -0.25) is 0 Å². The number of alkyl halides is 4. The van der Waals surface area contributed by atoms with Crippen molar-refractivity contribution in [3.8, 4) is 0 Å². The Balaban J connectivity index is 2.93. The Morgan fingerprint density at radius 3 is 2.46 bits per heavy atom. The standard InChI is InChI=1S/C8H6BrF3O/c1-5(4-9)6-2-3-7(13-6)8(10,11)12/h2-3H,1,4H2. The molecule has 0 bridgehead atoms. The van der Waals surface area contributed by atoms with Crippen molar-refractivity contribution in [2.45, 2.75) is 6.18 Å². The van der Waals surface area contributed by atoms with Crippen LogP contribution in [-0.4, -0.2) is 5.33 Å². The Morgan fingerprint density at radius 1 is 1.46 bits per heavy atom. The second kappa shape index (κ2) is 3.57. The van der Waals surface area contributed by atoms with Crippen LogP contribution >= 0.6 is 15.9 Å². The van der Waals surface area contributed by atoms with Crippen molar-refractivity contribution in [1.82, 2.24) is 0 Å². The van der Waals surface area contributed by atoms with Crippen molar-refractivity contribution in [3.63, 3.8) is 0 Å². The third-order valence-corrected chi connectivity index (χ3v) is 2.07. The van der Waals surface area contributed by atoms with Gasteiger partial charge in [0.1, 0.15) is 5.76 Å². The molecule has 0 amide bonds. The van der Waals surface area contributed by atoms with Gasteiger partial charge in [0.05, 0.1) is 0 Å². The molecule has 1 nitrogen and oxygen atoms in total. The Kier molecular flexibility index (Phi) is 2.85. The Hall–Kier alpha value is -0.710. The minimum absolute atomic E-state index is 0.157. The summed E-state index contributed by atoms with van der Waals surface area (Å²) < 4.78 is 40.6. The van der Waals surface area contributed by atoms with Gasteiger partial charge in [-0.1, -0.05) is 22.5 Å². The molecule has 0 unspecified atom stereocenters. The Labute approximate surface area is 81.4 Å². The van der Waals surface area contributed by atoms with Crippen molar-refractivity contribution in [1.29, 1.82) is 0 Å². The topological polar surface area (TPSA) is 13.1 Å². The summed E-state index contributed by atoms with van der Waals surface area (Å²) in [5.41, 5.74) is 0.482. The fourth-order valence-electron chi connectivity index (χ4n) is 0.746. The highest BCUT2D eigenvalue weighted by molar-refractivity contribution is 9.09. The number of halogens is 4. The smallest absolute Gasteiger partial charge is 0.449 e. The zero-order valence-electron chi connectivity index (χ0n) is 6.49. The van der Waals surface area contributed by atoms with E-state index in [9.17, 15) is 13.2 Å². The third-order valence-electron chi connectivity index (χ3n) is 1.40. The summed E-state index contributed by atoms with van der Waals surface area (Å²) in [5.74, 6) is -0.839. The highest BCUT2D eigenvalue weighted by Crippen LogP contribution is 2.32. The maximum absolute atomic E-state index is 12.0. The van der Waals surface area contributed by atoms with Gasteiger partial charge < -0.3 is 4.42 Å². The number of hydrogen-bond acceptors (Lipinski definition) is 1. The van der Waals surface area contributed by atoms with Crippen LogP contribution in [0.25, 0.3) is 5.57 Å². The third kappa shape index (κ3) is 2.37. The first-order chi connectivity index (χ1) is 5.95. The summed E-state index contributed by atoms with van der Waals surface area (Å²) in [4.78, 5) is 0. The number of allylic oxidation sites excluding steroid dienone is 1. The van der Waals surface area contributed by atoms with Gasteiger partial charge in [0.2, 0.25) is 5.76 Å². The SMILES string of the molecule is C=C(CBr)c1ccc(C(F)(F)F)o1. The summed E-state index contributed by atoms with van der Waals surface area (Å²) in [6.45, 7) is 3.53. The van der Waals surface area contributed by atoms with Crippen LogP contribution < -0.4 is 0 Å². The Morgan fingerprint density at radius 2 is 2.08 bits per heavy atom. The molecule has 0 aliphatic heterocycles. The van der Waals surface area contributed by atoms with Crippen LogP contribution in [0.15, 0.2) is 23.1 Å². The summed E-state index contributed by atoms with van der Waals surface area (Å²) in [5, 5.41) is 0.387. The van der Waals surface area contributed by atoms with Crippen molar-refractivity contribution < 1.29 is 17.6 Å². The van der Waals surface area contributed by atoms with Crippen molar-refractivity contribution in [2.24, 2.45) is 0 Å².